The smallest absolute Gasteiger partial charge is 0.105 e. The lowest BCUT2D eigenvalue weighted by Gasteiger charge is -2.12. The number of aliphatic hydroxyl groups excluding tert-OH is 4. The van der Waals surface area contributed by atoms with Gasteiger partial charge in [-0.3, -0.25) is 0 Å². The molecule has 4 heteroatoms. The minimum absolute atomic E-state index is 0.218. The third-order valence-corrected chi connectivity index (χ3v) is 2.96. The summed E-state index contributed by atoms with van der Waals surface area (Å²) in [5, 5.41) is 36.0. The van der Waals surface area contributed by atoms with Crippen LogP contribution in [-0.4, -0.2) is 33.1 Å². The van der Waals surface area contributed by atoms with Crippen molar-refractivity contribution in [1.29, 1.82) is 0 Å². The predicted octanol–water partition coefficient (Wildman–Crippen LogP) is 1.81. The highest BCUT2D eigenvalue weighted by Gasteiger charge is 2.11. The van der Waals surface area contributed by atoms with Crippen molar-refractivity contribution in [3.63, 3.8) is 0 Å². The summed E-state index contributed by atoms with van der Waals surface area (Å²) in [4.78, 5) is 0. The average molecular weight is 290 g/mol. The number of benzene rings is 2. The Morgan fingerprint density at radius 2 is 1.19 bits per heavy atom. The number of hydrogen-bond donors (Lipinski definition) is 4. The van der Waals surface area contributed by atoms with Crippen LogP contribution < -0.4 is 0 Å². The number of hydrogen-bond acceptors (Lipinski definition) is 4. The van der Waals surface area contributed by atoms with Gasteiger partial charge in [-0.1, -0.05) is 60.7 Å². The first-order chi connectivity index (χ1) is 10.1. The van der Waals surface area contributed by atoms with E-state index in [1.165, 1.54) is 0 Å². The molecule has 0 heterocycles. The summed E-state index contributed by atoms with van der Waals surface area (Å²) in [5.74, 6) is 0. The highest BCUT2D eigenvalue weighted by Crippen LogP contribution is 2.15. The largest absolute Gasteiger partial charge is 0.393 e. The third-order valence-electron chi connectivity index (χ3n) is 2.96. The monoisotopic (exact) mass is 290 g/mol. The van der Waals surface area contributed by atoms with Gasteiger partial charge in [0.05, 0.1) is 12.7 Å². The molecular weight excluding hydrogens is 268 g/mol. The minimum Gasteiger partial charge on any atom is -0.393 e. The fraction of sp³-hybridized carbons (Fsp3) is 0.294. The Balaban J connectivity index is 0.000000211. The lowest BCUT2D eigenvalue weighted by molar-refractivity contribution is 0.0305. The van der Waals surface area contributed by atoms with Crippen LogP contribution in [0, 0.1) is 0 Å². The quantitative estimate of drug-likeness (QED) is 0.692. The first-order valence-corrected chi connectivity index (χ1v) is 6.81. The van der Waals surface area contributed by atoms with Crippen LogP contribution in [0.4, 0.5) is 0 Å². The molecule has 0 radical (unpaired) electrons. The summed E-state index contributed by atoms with van der Waals surface area (Å²) < 4.78 is 0. The Morgan fingerprint density at radius 1 is 0.762 bits per heavy atom. The molecular formula is C17H22O4. The third kappa shape index (κ3) is 6.06. The van der Waals surface area contributed by atoms with E-state index in [1.807, 2.05) is 36.4 Å². The van der Waals surface area contributed by atoms with Crippen molar-refractivity contribution in [2.24, 2.45) is 0 Å². The van der Waals surface area contributed by atoms with Crippen molar-refractivity contribution in [3.8, 4) is 0 Å². The number of rotatable bonds is 4. The van der Waals surface area contributed by atoms with E-state index < -0.39 is 18.3 Å². The van der Waals surface area contributed by atoms with E-state index in [4.69, 9.17) is 15.3 Å². The van der Waals surface area contributed by atoms with E-state index in [1.54, 1.807) is 31.2 Å². The van der Waals surface area contributed by atoms with Gasteiger partial charge in [0.2, 0.25) is 0 Å². The van der Waals surface area contributed by atoms with Gasteiger partial charge in [0, 0.05) is 0 Å². The predicted molar refractivity (Wildman–Crippen MR) is 81.6 cm³/mol. The number of aliphatic hydroxyl groups is 4. The maximum atomic E-state index is 9.35. The Morgan fingerprint density at radius 3 is 1.57 bits per heavy atom. The average Bonchev–Trinajstić information content (AvgIpc) is 2.55. The van der Waals surface area contributed by atoms with Crippen molar-refractivity contribution in [1.82, 2.24) is 0 Å². The molecule has 4 nitrogen and oxygen atoms in total. The summed E-state index contributed by atoms with van der Waals surface area (Å²) in [6.07, 6.45) is -2.21. The maximum Gasteiger partial charge on any atom is 0.105 e. The van der Waals surface area contributed by atoms with Crippen LogP contribution in [-0.2, 0) is 0 Å². The zero-order valence-electron chi connectivity index (χ0n) is 12.0. The molecule has 0 saturated heterocycles. The van der Waals surface area contributed by atoms with E-state index in [2.05, 4.69) is 0 Å². The molecule has 0 aliphatic rings. The zero-order valence-corrected chi connectivity index (χ0v) is 12.0. The lowest BCUT2D eigenvalue weighted by atomic mass is 10.1. The maximum absolute atomic E-state index is 9.35. The molecule has 0 saturated carbocycles. The van der Waals surface area contributed by atoms with E-state index in [9.17, 15) is 5.11 Å². The second-order valence-electron chi connectivity index (χ2n) is 4.71. The van der Waals surface area contributed by atoms with Crippen molar-refractivity contribution in [2.45, 2.75) is 25.2 Å². The molecule has 0 aliphatic carbocycles. The first-order valence-electron chi connectivity index (χ1n) is 6.81. The Kier molecular flexibility index (Phi) is 7.64. The van der Waals surface area contributed by atoms with Gasteiger partial charge >= 0.3 is 0 Å². The van der Waals surface area contributed by atoms with Gasteiger partial charge in [-0.25, -0.2) is 0 Å². The highest BCUT2D eigenvalue weighted by atomic mass is 16.3. The van der Waals surface area contributed by atoms with Crippen molar-refractivity contribution in [3.05, 3.63) is 71.8 Å². The van der Waals surface area contributed by atoms with E-state index in [0.29, 0.717) is 0 Å². The van der Waals surface area contributed by atoms with Crippen molar-refractivity contribution in [2.75, 3.05) is 6.61 Å². The molecule has 2 aromatic carbocycles. The normalized spacial score (nSPS) is 14.5. The summed E-state index contributed by atoms with van der Waals surface area (Å²) in [5.41, 5.74) is 1.51. The van der Waals surface area contributed by atoms with E-state index >= 15 is 0 Å². The van der Waals surface area contributed by atoms with Gasteiger partial charge in [0.15, 0.2) is 0 Å². The Hall–Kier alpha value is -1.72. The summed E-state index contributed by atoms with van der Waals surface area (Å²) >= 11 is 0. The SMILES string of the molecule is CC(O)C(O)c1ccccc1.OCC(O)c1ccccc1. The fourth-order valence-corrected chi connectivity index (χ4v) is 1.71. The van der Waals surface area contributed by atoms with Crippen LogP contribution in [0.1, 0.15) is 30.3 Å². The molecule has 0 aromatic heterocycles. The Labute approximate surface area is 124 Å². The lowest BCUT2D eigenvalue weighted by Crippen LogP contribution is -2.13. The molecule has 0 aliphatic heterocycles. The van der Waals surface area contributed by atoms with Crippen LogP contribution in [0.5, 0.6) is 0 Å². The van der Waals surface area contributed by atoms with Gasteiger partial charge in [-0.15, -0.1) is 0 Å². The molecule has 21 heavy (non-hydrogen) atoms. The minimum atomic E-state index is -0.767. The molecule has 4 N–H and O–H groups in total. The van der Waals surface area contributed by atoms with Gasteiger partial charge in [-0.2, -0.15) is 0 Å². The first kappa shape index (κ1) is 17.3. The van der Waals surface area contributed by atoms with Crippen LogP contribution in [0.2, 0.25) is 0 Å². The van der Waals surface area contributed by atoms with Gasteiger partial charge in [-0.05, 0) is 18.1 Å². The van der Waals surface area contributed by atoms with Crippen LogP contribution in [0.3, 0.4) is 0 Å². The summed E-state index contributed by atoms with van der Waals surface area (Å²) in [6, 6.07) is 18.2. The molecule has 3 unspecified atom stereocenters. The van der Waals surface area contributed by atoms with Gasteiger partial charge < -0.3 is 20.4 Å². The molecule has 0 fully saturated rings. The molecule has 3 atom stereocenters. The Bertz CT molecular complexity index is 485. The highest BCUT2D eigenvalue weighted by molar-refractivity contribution is 5.18. The molecule has 0 bridgehead atoms. The second-order valence-corrected chi connectivity index (χ2v) is 4.71. The second kappa shape index (κ2) is 9.26. The fourth-order valence-electron chi connectivity index (χ4n) is 1.71. The molecule has 0 amide bonds. The zero-order chi connectivity index (χ0) is 15.7. The summed E-state index contributed by atoms with van der Waals surface area (Å²) in [6.45, 7) is 1.35. The van der Waals surface area contributed by atoms with Gasteiger partial charge in [0.25, 0.3) is 0 Å². The topological polar surface area (TPSA) is 80.9 Å². The van der Waals surface area contributed by atoms with Crippen LogP contribution in [0.25, 0.3) is 0 Å². The summed E-state index contributed by atoms with van der Waals surface area (Å²) in [7, 11) is 0. The molecule has 0 spiro atoms. The van der Waals surface area contributed by atoms with E-state index in [0.717, 1.165) is 11.1 Å². The van der Waals surface area contributed by atoms with E-state index in [-0.39, 0.29) is 6.61 Å². The van der Waals surface area contributed by atoms with Crippen LogP contribution in [0.15, 0.2) is 60.7 Å². The van der Waals surface area contributed by atoms with Crippen LogP contribution >= 0.6 is 0 Å². The molecule has 114 valence electrons. The standard InChI is InChI=1S/C9H12O2.C8H10O2/c1-7(10)9(11)8-5-3-2-4-6-8;9-6-8(10)7-4-2-1-3-5-7/h2-7,9-11H,1H3;1-5,8-10H,6H2. The van der Waals surface area contributed by atoms with Crippen molar-refractivity contribution < 1.29 is 20.4 Å². The molecule has 2 aromatic rings. The molecule has 2 rings (SSSR count). The van der Waals surface area contributed by atoms with Crippen molar-refractivity contribution >= 4 is 0 Å². The van der Waals surface area contributed by atoms with Gasteiger partial charge in [0.1, 0.15) is 12.2 Å².